The van der Waals surface area contributed by atoms with Crippen molar-refractivity contribution in [3.05, 3.63) is 11.6 Å². The lowest BCUT2D eigenvalue weighted by atomic mass is 10.1. The molecule has 0 aliphatic rings. The summed E-state index contributed by atoms with van der Waals surface area (Å²) in [4.78, 5) is 11.1. The van der Waals surface area contributed by atoms with Crippen molar-refractivity contribution in [3.8, 4) is 0 Å². The second-order valence-corrected chi connectivity index (χ2v) is 3.29. The van der Waals surface area contributed by atoms with Gasteiger partial charge in [0, 0.05) is 6.42 Å². The Balaban J connectivity index is 3.90. The Bertz CT molecular complexity index is 154. The van der Waals surface area contributed by atoms with E-state index in [9.17, 15) is 4.79 Å². The van der Waals surface area contributed by atoms with Crippen molar-refractivity contribution in [3.63, 3.8) is 0 Å². The first-order valence-electron chi connectivity index (χ1n) is 4.27. The zero-order chi connectivity index (χ0) is 8.85. The largest absolute Gasteiger partial charge is 0.295 e. The third kappa shape index (κ3) is 4.77. The van der Waals surface area contributed by atoms with E-state index in [0.29, 0.717) is 12.3 Å². The van der Waals surface area contributed by atoms with E-state index in [4.69, 9.17) is 0 Å². The van der Waals surface area contributed by atoms with Gasteiger partial charge in [0.2, 0.25) is 0 Å². The zero-order valence-electron chi connectivity index (χ0n) is 7.98. The van der Waals surface area contributed by atoms with E-state index >= 15 is 0 Å². The Hall–Kier alpha value is -0.590. The lowest BCUT2D eigenvalue weighted by Gasteiger charge is -2.00. The van der Waals surface area contributed by atoms with Crippen LogP contribution in [0.4, 0.5) is 0 Å². The third-order valence-corrected chi connectivity index (χ3v) is 1.66. The molecule has 0 atom stereocenters. The highest BCUT2D eigenvalue weighted by Gasteiger charge is 1.99. The summed E-state index contributed by atoms with van der Waals surface area (Å²) < 4.78 is 0. The fourth-order valence-electron chi connectivity index (χ4n) is 0.805. The van der Waals surface area contributed by atoms with Crippen LogP contribution in [-0.4, -0.2) is 5.78 Å². The Labute approximate surface area is 69.5 Å². The summed E-state index contributed by atoms with van der Waals surface area (Å²) in [5, 5.41) is 0. The summed E-state index contributed by atoms with van der Waals surface area (Å²) in [5.74, 6) is 0.917. The Kier molecular flexibility index (Phi) is 4.84. The Morgan fingerprint density at radius 3 is 2.36 bits per heavy atom. The van der Waals surface area contributed by atoms with Gasteiger partial charge in [-0.1, -0.05) is 26.8 Å². The van der Waals surface area contributed by atoms with E-state index in [2.05, 4.69) is 13.8 Å². The van der Waals surface area contributed by atoms with Crippen LogP contribution >= 0.6 is 0 Å². The van der Waals surface area contributed by atoms with Crippen molar-refractivity contribution in [2.45, 2.75) is 40.5 Å². The Morgan fingerprint density at radius 2 is 2.00 bits per heavy atom. The first kappa shape index (κ1) is 10.4. The molecule has 0 amide bonds. The van der Waals surface area contributed by atoms with Crippen molar-refractivity contribution in [1.29, 1.82) is 0 Å². The van der Waals surface area contributed by atoms with E-state index in [-0.39, 0.29) is 5.78 Å². The van der Waals surface area contributed by atoms with Gasteiger partial charge in [0.15, 0.2) is 5.78 Å². The van der Waals surface area contributed by atoms with Crippen LogP contribution in [0.3, 0.4) is 0 Å². The molecule has 1 heteroatoms. The molecular formula is C10H18O. The molecular weight excluding hydrogens is 136 g/mol. The monoisotopic (exact) mass is 154 g/mol. The number of ketones is 1. The minimum atomic E-state index is 0.269. The van der Waals surface area contributed by atoms with Crippen LogP contribution in [-0.2, 0) is 4.79 Å². The summed E-state index contributed by atoms with van der Waals surface area (Å²) in [7, 11) is 0. The maximum Gasteiger partial charge on any atom is 0.157 e. The second kappa shape index (κ2) is 5.11. The maximum atomic E-state index is 11.1. The third-order valence-electron chi connectivity index (χ3n) is 1.66. The molecule has 0 rings (SSSR count). The van der Waals surface area contributed by atoms with Crippen molar-refractivity contribution < 1.29 is 4.79 Å². The molecule has 0 aromatic rings. The summed E-state index contributed by atoms with van der Waals surface area (Å²) >= 11 is 0. The highest BCUT2D eigenvalue weighted by atomic mass is 16.1. The number of carbonyl (C=O) groups excluding carboxylic acids is 1. The van der Waals surface area contributed by atoms with E-state index in [1.807, 2.05) is 19.9 Å². The van der Waals surface area contributed by atoms with Gasteiger partial charge >= 0.3 is 0 Å². The molecule has 1 nitrogen and oxygen atoms in total. The first-order valence-corrected chi connectivity index (χ1v) is 4.27. The molecule has 0 spiro atoms. The van der Waals surface area contributed by atoms with Gasteiger partial charge in [-0.3, -0.25) is 4.79 Å². The van der Waals surface area contributed by atoms with Crippen LogP contribution in [0.15, 0.2) is 11.6 Å². The highest BCUT2D eigenvalue weighted by molar-refractivity contribution is 5.94. The summed E-state index contributed by atoms with van der Waals surface area (Å²) in [6.45, 7) is 8.10. The lowest BCUT2D eigenvalue weighted by molar-refractivity contribution is -0.115. The molecule has 0 heterocycles. The first-order chi connectivity index (χ1) is 5.07. The van der Waals surface area contributed by atoms with E-state index in [1.54, 1.807) is 0 Å². The van der Waals surface area contributed by atoms with Gasteiger partial charge in [-0.2, -0.15) is 0 Å². The van der Waals surface area contributed by atoms with Gasteiger partial charge in [0.1, 0.15) is 0 Å². The van der Waals surface area contributed by atoms with Gasteiger partial charge in [0.05, 0.1) is 0 Å². The molecule has 0 radical (unpaired) electrons. The summed E-state index contributed by atoms with van der Waals surface area (Å²) in [6.07, 6.45) is 3.68. The number of Topliss-reactive ketones (excluding diaryl/α,β-unsaturated/α-hetero) is 1. The van der Waals surface area contributed by atoms with Crippen molar-refractivity contribution in [2.24, 2.45) is 5.92 Å². The van der Waals surface area contributed by atoms with E-state index in [1.165, 1.54) is 0 Å². The van der Waals surface area contributed by atoms with Crippen LogP contribution in [0, 0.1) is 5.92 Å². The van der Waals surface area contributed by atoms with Crippen LogP contribution in [0.2, 0.25) is 0 Å². The standard InChI is InChI=1S/C10H18O/c1-5-10(11)9(4)7-6-8(2)3/h7-8H,5-6H2,1-4H3. The Morgan fingerprint density at radius 1 is 1.45 bits per heavy atom. The number of rotatable bonds is 4. The van der Waals surface area contributed by atoms with Gasteiger partial charge in [-0.05, 0) is 24.8 Å². The minimum absolute atomic E-state index is 0.269. The molecule has 0 N–H and O–H groups in total. The predicted octanol–water partition coefficient (Wildman–Crippen LogP) is 2.96. The number of hydrogen-bond donors (Lipinski definition) is 0. The maximum absolute atomic E-state index is 11.1. The topological polar surface area (TPSA) is 17.1 Å². The molecule has 0 saturated heterocycles. The fourth-order valence-corrected chi connectivity index (χ4v) is 0.805. The van der Waals surface area contributed by atoms with Crippen LogP contribution < -0.4 is 0 Å². The summed E-state index contributed by atoms with van der Waals surface area (Å²) in [6, 6.07) is 0. The van der Waals surface area contributed by atoms with Gasteiger partial charge in [0.25, 0.3) is 0 Å². The highest BCUT2D eigenvalue weighted by Crippen LogP contribution is 2.05. The lowest BCUT2D eigenvalue weighted by Crippen LogP contribution is -1.97. The van der Waals surface area contributed by atoms with Gasteiger partial charge in [-0.15, -0.1) is 0 Å². The molecule has 0 fully saturated rings. The van der Waals surface area contributed by atoms with Gasteiger partial charge < -0.3 is 0 Å². The molecule has 64 valence electrons. The minimum Gasteiger partial charge on any atom is -0.295 e. The van der Waals surface area contributed by atoms with Crippen molar-refractivity contribution in [1.82, 2.24) is 0 Å². The fraction of sp³-hybridized carbons (Fsp3) is 0.700. The van der Waals surface area contributed by atoms with E-state index < -0.39 is 0 Å². The number of allylic oxidation sites excluding steroid dienone is 2. The molecule has 11 heavy (non-hydrogen) atoms. The molecule has 0 aliphatic carbocycles. The average molecular weight is 154 g/mol. The molecule has 0 bridgehead atoms. The van der Waals surface area contributed by atoms with Crippen LogP contribution in [0.5, 0.6) is 0 Å². The zero-order valence-corrected chi connectivity index (χ0v) is 7.98. The SMILES string of the molecule is CCC(=O)C(C)=CCC(C)C. The van der Waals surface area contributed by atoms with Crippen LogP contribution in [0.25, 0.3) is 0 Å². The van der Waals surface area contributed by atoms with Crippen LogP contribution in [0.1, 0.15) is 40.5 Å². The van der Waals surface area contributed by atoms with Crippen molar-refractivity contribution in [2.75, 3.05) is 0 Å². The molecule has 0 unspecified atom stereocenters. The smallest absolute Gasteiger partial charge is 0.157 e. The molecule has 0 aliphatic heterocycles. The molecule has 0 saturated carbocycles. The molecule has 0 aromatic carbocycles. The van der Waals surface area contributed by atoms with Crippen molar-refractivity contribution >= 4 is 5.78 Å². The van der Waals surface area contributed by atoms with Gasteiger partial charge in [-0.25, -0.2) is 0 Å². The quantitative estimate of drug-likeness (QED) is 0.569. The molecule has 0 aromatic heterocycles. The number of carbonyl (C=O) groups is 1. The predicted molar refractivity (Wildman–Crippen MR) is 48.5 cm³/mol. The normalized spacial score (nSPS) is 12.3. The van der Waals surface area contributed by atoms with E-state index in [0.717, 1.165) is 12.0 Å². The summed E-state index contributed by atoms with van der Waals surface area (Å²) in [5.41, 5.74) is 0.918. The average Bonchev–Trinajstić information content (AvgIpc) is 1.98. The number of hydrogen-bond acceptors (Lipinski definition) is 1. The second-order valence-electron chi connectivity index (χ2n) is 3.29.